The van der Waals surface area contributed by atoms with Gasteiger partial charge in [0, 0.05) is 7.11 Å². The van der Waals surface area contributed by atoms with Crippen LogP contribution < -0.4 is 0 Å². The second-order valence-corrected chi connectivity index (χ2v) is 16.3. The van der Waals surface area contributed by atoms with E-state index in [0.717, 1.165) is 0 Å². The van der Waals surface area contributed by atoms with Gasteiger partial charge >= 0.3 is 35.8 Å². The minimum atomic E-state index is -2.05. The maximum absolute atomic E-state index is 14.1. The molecule has 1 N–H and O–H groups in total. The lowest BCUT2D eigenvalue weighted by molar-refractivity contribution is -0.362. The zero-order valence-corrected chi connectivity index (χ0v) is 38.5. The largest absolute Gasteiger partial charge is 0.459 e. The first-order valence-corrected chi connectivity index (χ1v) is 22.7. The van der Waals surface area contributed by atoms with Crippen LogP contribution in [0, 0.1) is 0 Å². The van der Waals surface area contributed by atoms with E-state index in [0.29, 0.717) is 0 Å². The minimum absolute atomic E-state index is 0.0592. The van der Waals surface area contributed by atoms with Crippen LogP contribution in [0.3, 0.4) is 0 Å². The van der Waals surface area contributed by atoms with Gasteiger partial charge in [0.15, 0.2) is 43.1 Å². The van der Waals surface area contributed by atoms with Crippen LogP contribution in [0.25, 0.3) is 0 Å². The van der Waals surface area contributed by atoms with Gasteiger partial charge in [-0.25, -0.2) is 28.8 Å². The van der Waals surface area contributed by atoms with Crippen molar-refractivity contribution in [1.82, 2.24) is 0 Å². The molecule has 0 radical (unpaired) electrons. The molecular weight excluding hydrogens is 933 g/mol. The Morgan fingerprint density at radius 3 is 0.986 bits per heavy atom. The highest BCUT2D eigenvalue weighted by Gasteiger charge is 2.57. The summed E-state index contributed by atoms with van der Waals surface area (Å²) >= 11 is 0. The van der Waals surface area contributed by atoms with Gasteiger partial charge in [-0.05, 0) is 72.8 Å². The van der Waals surface area contributed by atoms with Crippen LogP contribution in [-0.4, -0.2) is 123 Å². The molecule has 17 heteroatoms. The second kappa shape index (κ2) is 24.2. The molecule has 0 aliphatic carbocycles. The fraction of sp³-hybridized carbons (Fsp3) is 0.236. The number of benzene rings is 6. The van der Waals surface area contributed by atoms with Gasteiger partial charge in [0.25, 0.3) is 0 Å². The number of carbonyl (C=O) groups excluding carboxylic acids is 6. The van der Waals surface area contributed by atoms with Crippen molar-refractivity contribution in [2.45, 2.75) is 61.4 Å². The molecule has 6 aromatic carbocycles. The molecule has 0 saturated carbocycles. The van der Waals surface area contributed by atoms with Crippen LogP contribution in [0.15, 0.2) is 182 Å². The Labute approximate surface area is 413 Å². The number of hydrogen-bond donors (Lipinski definition) is 1. The van der Waals surface area contributed by atoms with E-state index in [1.54, 1.807) is 109 Å². The molecule has 0 spiro atoms. The van der Waals surface area contributed by atoms with Crippen molar-refractivity contribution in [1.29, 1.82) is 0 Å². The van der Waals surface area contributed by atoms with Gasteiger partial charge in [-0.2, -0.15) is 0 Å². The predicted octanol–water partition coefficient (Wildman–Crippen LogP) is 6.45. The van der Waals surface area contributed by atoms with Crippen LogP contribution >= 0.6 is 0 Å². The molecule has 0 unspecified atom stereocenters. The fourth-order valence-electron chi connectivity index (χ4n) is 7.89. The monoisotopic (exact) mass is 980 g/mol. The van der Waals surface area contributed by atoms with Crippen molar-refractivity contribution in [2.24, 2.45) is 0 Å². The molecule has 2 aliphatic heterocycles. The van der Waals surface area contributed by atoms with Gasteiger partial charge in [-0.3, -0.25) is 0 Å². The minimum Gasteiger partial charge on any atom is -0.459 e. The fourth-order valence-corrected chi connectivity index (χ4v) is 7.89. The maximum atomic E-state index is 14.1. The van der Waals surface area contributed by atoms with Gasteiger partial charge in [-0.15, -0.1) is 0 Å². The molecule has 2 fully saturated rings. The SMILES string of the molecule is CO[C@H]1O[C@H](COC(=O)c2ccccc2)[C@@H](OC(=O)c2ccccc2)[C@H](OC(=O)c2ccccc2)[C@@H]1O[C@H]1O[C@H](COC(=O)c2ccccc2)[C@@H](OC(=O)c2ccccc2)[C@H](OC(=O)c2ccccc2)[C@@H]1O. The van der Waals surface area contributed by atoms with E-state index >= 15 is 0 Å². The molecule has 2 aliphatic rings. The Balaban J connectivity index is 1.18. The average Bonchev–Trinajstić information content (AvgIpc) is 3.43. The summed E-state index contributed by atoms with van der Waals surface area (Å²) in [5, 5.41) is 12.4. The molecule has 17 nitrogen and oxygen atoms in total. The topological polar surface area (TPSA) is 215 Å². The van der Waals surface area contributed by atoms with E-state index in [1.807, 2.05) is 0 Å². The standard InChI is InChI=1S/C55H48O17/c1-63-55-47(46(71-53(62)39-30-18-7-19-31-39)44(69-51(60)37-26-14-5-15-27-37)41(67-55)33-65-49(58)35-22-10-3-11-23-35)72-54-42(56)45(70-52(61)38-28-16-6-17-29-38)43(68-50(59)36-24-12-4-13-25-36)40(66-54)32-64-48(57)34-20-8-2-9-21-34/h2-31,40-47,54-56H,32-33H2,1H3/t40-,41-,42+,43-,44-,45-,46+,47+,54-,55+/m1/s1. The van der Waals surface area contributed by atoms with E-state index in [1.165, 1.54) is 79.9 Å². The Morgan fingerprint density at radius 1 is 0.375 bits per heavy atom. The van der Waals surface area contributed by atoms with Crippen molar-refractivity contribution in [3.63, 3.8) is 0 Å². The molecule has 0 aromatic heterocycles. The van der Waals surface area contributed by atoms with E-state index in [-0.39, 0.29) is 33.4 Å². The molecular formula is C55H48O17. The third-order valence-corrected chi connectivity index (χ3v) is 11.5. The van der Waals surface area contributed by atoms with Gasteiger partial charge in [0.05, 0.1) is 33.4 Å². The summed E-state index contributed by atoms with van der Waals surface area (Å²) in [5.41, 5.74) is 0.673. The number of aliphatic hydroxyl groups is 1. The quantitative estimate of drug-likeness (QED) is 0.0768. The summed E-state index contributed by atoms with van der Waals surface area (Å²) in [6, 6.07) is 47.4. The van der Waals surface area contributed by atoms with Crippen molar-refractivity contribution < 1.29 is 81.2 Å². The Bertz CT molecular complexity index is 2750. The van der Waals surface area contributed by atoms with Gasteiger partial charge in [0.1, 0.15) is 31.5 Å². The molecule has 0 bridgehead atoms. The lowest BCUT2D eigenvalue weighted by atomic mass is 9.96. The van der Waals surface area contributed by atoms with Crippen molar-refractivity contribution in [2.75, 3.05) is 20.3 Å². The third kappa shape index (κ3) is 12.4. The number of carbonyl (C=O) groups is 6. The number of rotatable bonds is 17. The van der Waals surface area contributed by atoms with Gasteiger partial charge in [-0.1, -0.05) is 109 Å². The van der Waals surface area contributed by atoms with Gasteiger partial charge in [0.2, 0.25) is 0 Å². The van der Waals surface area contributed by atoms with E-state index in [2.05, 4.69) is 0 Å². The van der Waals surface area contributed by atoms with Crippen LogP contribution in [0.5, 0.6) is 0 Å². The summed E-state index contributed by atoms with van der Waals surface area (Å²) in [5.74, 6) is -5.25. The number of methoxy groups -OCH3 is 1. The Kier molecular flexibility index (Phi) is 16.9. The molecule has 72 heavy (non-hydrogen) atoms. The van der Waals surface area contributed by atoms with Crippen LogP contribution in [0.4, 0.5) is 0 Å². The molecule has 370 valence electrons. The van der Waals surface area contributed by atoms with Crippen molar-refractivity contribution in [3.8, 4) is 0 Å². The normalized spacial score (nSPS) is 23.6. The second-order valence-electron chi connectivity index (χ2n) is 16.3. The lowest BCUT2D eigenvalue weighted by Gasteiger charge is -2.48. The molecule has 0 amide bonds. The van der Waals surface area contributed by atoms with E-state index in [4.69, 9.17) is 47.4 Å². The number of esters is 6. The molecule has 2 saturated heterocycles. The zero-order valence-electron chi connectivity index (χ0n) is 38.5. The predicted molar refractivity (Wildman–Crippen MR) is 251 cm³/mol. The summed E-state index contributed by atoms with van der Waals surface area (Å²) in [7, 11) is 1.23. The molecule has 2 heterocycles. The highest BCUT2D eigenvalue weighted by Crippen LogP contribution is 2.36. The maximum Gasteiger partial charge on any atom is 0.338 e. The van der Waals surface area contributed by atoms with E-state index in [9.17, 15) is 33.9 Å². The zero-order chi connectivity index (χ0) is 50.4. The van der Waals surface area contributed by atoms with Crippen molar-refractivity contribution in [3.05, 3.63) is 215 Å². The first-order chi connectivity index (χ1) is 35.1. The first-order valence-electron chi connectivity index (χ1n) is 22.7. The molecule has 6 aromatic rings. The molecule has 10 atom stereocenters. The van der Waals surface area contributed by atoms with Crippen LogP contribution in [0.1, 0.15) is 62.1 Å². The van der Waals surface area contributed by atoms with E-state index < -0.39 is 110 Å². The van der Waals surface area contributed by atoms with Gasteiger partial charge < -0.3 is 52.5 Å². The first kappa shape index (κ1) is 50.3. The third-order valence-electron chi connectivity index (χ3n) is 11.5. The number of ether oxygens (including phenoxy) is 10. The highest BCUT2D eigenvalue weighted by molar-refractivity contribution is 5.92. The van der Waals surface area contributed by atoms with Crippen LogP contribution in [-0.2, 0) is 47.4 Å². The summed E-state index contributed by atoms with van der Waals surface area (Å²) in [6.45, 7) is -1.24. The summed E-state index contributed by atoms with van der Waals surface area (Å²) < 4.78 is 60.8. The summed E-state index contributed by atoms with van der Waals surface area (Å²) in [4.78, 5) is 82.6. The lowest BCUT2D eigenvalue weighted by Crippen LogP contribution is -2.66. The highest BCUT2D eigenvalue weighted by atomic mass is 16.8. The summed E-state index contributed by atoms with van der Waals surface area (Å²) in [6.07, 6.45) is -17.1. The van der Waals surface area contributed by atoms with Crippen molar-refractivity contribution >= 4 is 35.8 Å². The number of aliphatic hydroxyl groups excluding tert-OH is 1. The smallest absolute Gasteiger partial charge is 0.338 e. The number of hydrogen-bond acceptors (Lipinski definition) is 17. The Hall–Kier alpha value is -8.06. The van der Waals surface area contributed by atoms with Crippen LogP contribution in [0.2, 0.25) is 0 Å². The average molecular weight is 981 g/mol. The molecule has 8 rings (SSSR count). The Morgan fingerprint density at radius 2 is 0.653 bits per heavy atom.